The Morgan fingerprint density at radius 2 is 2.15 bits per heavy atom. The molecule has 6 nitrogen and oxygen atoms in total. The molecule has 0 spiro atoms. The van der Waals surface area contributed by atoms with Crippen molar-refractivity contribution in [2.45, 2.75) is 32.4 Å². The van der Waals surface area contributed by atoms with E-state index in [-0.39, 0.29) is 6.10 Å². The Morgan fingerprint density at radius 3 is 2.96 bits per heavy atom. The molecule has 26 heavy (non-hydrogen) atoms. The van der Waals surface area contributed by atoms with Gasteiger partial charge >= 0.3 is 0 Å². The molecule has 1 aromatic carbocycles. The number of hydrogen-bond donors (Lipinski definition) is 1. The van der Waals surface area contributed by atoms with Crippen LogP contribution in [0.15, 0.2) is 30.5 Å². The fraction of sp³-hybridized carbons (Fsp3) is 0.500. The van der Waals surface area contributed by atoms with E-state index in [0.29, 0.717) is 5.92 Å². The van der Waals surface area contributed by atoms with Crippen molar-refractivity contribution >= 4 is 11.0 Å². The van der Waals surface area contributed by atoms with E-state index < -0.39 is 0 Å². The highest BCUT2D eigenvalue weighted by molar-refractivity contribution is 5.76. The van der Waals surface area contributed by atoms with Crippen LogP contribution in [-0.2, 0) is 25.4 Å². The number of rotatable bonds is 5. The van der Waals surface area contributed by atoms with Crippen LogP contribution in [0, 0.1) is 12.8 Å². The van der Waals surface area contributed by atoms with Gasteiger partial charge in [0, 0.05) is 39.4 Å². The lowest BCUT2D eigenvalue weighted by molar-refractivity contribution is -0.0324. The quantitative estimate of drug-likeness (QED) is 0.766. The van der Waals surface area contributed by atoms with Crippen LogP contribution in [-0.4, -0.2) is 32.5 Å². The summed E-state index contributed by atoms with van der Waals surface area (Å²) in [7, 11) is 4.07. The molecule has 3 heterocycles. The highest BCUT2D eigenvalue weighted by Gasteiger charge is 2.29. The summed E-state index contributed by atoms with van der Waals surface area (Å²) in [5, 5.41) is 7.91. The molecule has 1 aliphatic heterocycles. The third-order valence-corrected chi connectivity index (χ3v) is 5.41. The number of hydrogen-bond acceptors (Lipinski definition) is 4. The summed E-state index contributed by atoms with van der Waals surface area (Å²) in [4.78, 5) is 4.79. The molecule has 0 aliphatic carbocycles. The molecule has 1 aliphatic rings. The number of aryl methyl sites for hydroxylation is 3. The second-order valence-corrected chi connectivity index (χ2v) is 7.28. The van der Waals surface area contributed by atoms with Crippen molar-refractivity contribution in [2.75, 3.05) is 13.2 Å². The Bertz CT molecular complexity index is 897. The minimum absolute atomic E-state index is 0.117. The van der Waals surface area contributed by atoms with Crippen LogP contribution in [0.4, 0.5) is 0 Å². The van der Waals surface area contributed by atoms with E-state index in [0.717, 1.165) is 43.2 Å². The van der Waals surface area contributed by atoms with Gasteiger partial charge in [0.25, 0.3) is 0 Å². The van der Waals surface area contributed by atoms with E-state index in [4.69, 9.17) is 9.72 Å². The summed E-state index contributed by atoms with van der Waals surface area (Å²) < 4.78 is 10.2. The molecule has 4 rings (SSSR count). The van der Waals surface area contributed by atoms with Gasteiger partial charge in [0.05, 0.1) is 23.3 Å². The smallest absolute Gasteiger partial charge is 0.123 e. The van der Waals surface area contributed by atoms with Gasteiger partial charge in [0.2, 0.25) is 0 Å². The van der Waals surface area contributed by atoms with Gasteiger partial charge in [-0.2, -0.15) is 5.10 Å². The van der Waals surface area contributed by atoms with Crippen LogP contribution in [0.3, 0.4) is 0 Å². The molecule has 0 amide bonds. The number of nitrogens with one attached hydrogen (secondary N) is 1. The molecule has 2 atom stereocenters. The molecule has 6 heteroatoms. The summed E-state index contributed by atoms with van der Waals surface area (Å²) in [6, 6.07) is 8.50. The van der Waals surface area contributed by atoms with E-state index in [1.807, 2.05) is 17.9 Å². The fourth-order valence-electron chi connectivity index (χ4n) is 3.93. The van der Waals surface area contributed by atoms with Crippen molar-refractivity contribution in [3.8, 4) is 0 Å². The van der Waals surface area contributed by atoms with Gasteiger partial charge in [-0.05, 0) is 43.5 Å². The maximum absolute atomic E-state index is 6.08. The van der Waals surface area contributed by atoms with Crippen molar-refractivity contribution in [3.63, 3.8) is 0 Å². The van der Waals surface area contributed by atoms with Crippen molar-refractivity contribution in [2.24, 2.45) is 20.0 Å². The van der Waals surface area contributed by atoms with Crippen LogP contribution in [0.2, 0.25) is 0 Å². The normalized spacial score (nSPS) is 20.7. The lowest BCUT2D eigenvalue weighted by Gasteiger charge is -2.32. The number of fused-ring (bicyclic) bond motifs is 1. The molecule has 138 valence electrons. The van der Waals surface area contributed by atoms with Crippen molar-refractivity contribution in [1.29, 1.82) is 0 Å². The lowest BCUT2D eigenvalue weighted by atomic mass is 9.92. The van der Waals surface area contributed by atoms with Crippen molar-refractivity contribution < 1.29 is 4.74 Å². The van der Waals surface area contributed by atoms with Crippen LogP contribution in [0.5, 0.6) is 0 Å². The van der Waals surface area contributed by atoms with E-state index in [1.54, 1.807) is 0 Å². The first-order valence-corrected chi connectivity index (χ1v) is 9.35. The van der Waals surface area contributed by atoms with E-state index in [2.05, 4.69) is 53.2 Å². The van der Waals surface area contributed by atoms with Gasteiger partial charge in [-0.3, -0.25) is 4.68 Å². The third kappa shape index (κ3) is 3.27. The monoisotopic (exact) mass is 353 g/mol. The summed E-state index contributed by atoms with van der Waals surface area (Å²) in [5.74, 6) is 1.52. The third-order valence-electron chi connectivity index (χ3n) is 5.41. The molecular weight excluding hydrogens is 326 g/mol. The van der Waals surface area contributed by atoms with E-state index in [9.17, 15) is 0 Å². The van der Waals surface area contributed by atoms with Gasteiger partial charge in [-0.15, -0.1) is 0 Å². The topological polar surface area (TPSA) is 56.9 Å². The highest BCUT2D eigenvalue weighted by atomic mass is 16.5. The largest absolute Gasteiger partial charge is 0.372 e. The zero-order valence-electron chi connectivity index (χ0n) is 15.8. The zero-order chi connectivity index (χ0) is 18.1. The maximum Gasteiger partial charge on any atom is 0.123 e. The van der Waals surface area contributed by atoms with E-state index in [1.165, 1.54) is 17.5 Å². The highest BCUT2D eigenvalue weighted by Crippen LogP contribution is 2.32. The second kappa shape index (κ2) is 7.21. The predicted octanol–water partition coefficient (Wildman–Crippen LogP) is 2.87. The van der Waals surface area contributed by atoms with Gasteiger partial charge < -0.3 is 14.6 Å². The van der Waals surface area contributed by atoms with Crippen LogP contribution in [0.25, 0.3) is 11.0 Å². The Hall–Kier alpha value is -2.18. The molecule has 0 saturated carbocycles. The molecule has 3 aromatic rings. The average molecular weight is 353 g/mol. The maximum atomic E-state index is 6.08. The molecule has 2 aromatic heterocycles. The van der Waals surface area contributed by atoms with Crippen LogP contribution in [0.1, 0.15) is 36.0 Å². The number of benzene rings is 1. The summed E-state index contributed by atoms with van der Waals surface area (Å²) >= 11 is 0. The molecule has 0 unspecified atom stereocenters. The fourth-order valence-corrected chi connectivity index (χ4v) is 3.93. The van der Waals surface area contributed by atoms with Crippen molar-refractivity contribution in [1.82, 2.24) is 24.6 Å². The van der Waals surface area contributed by atoms with E-state index >= 15 is 0 Å². The average Bonchev–Trinajstić information content (AvgIpc) is 3.19. The molecule has 0 bridgehead atoms. The molecule has 1 fully saturated rings. The second-order valence-electron chi connectivity index (χ2n) is 7.28. The minimum atomic E-state index is 0.117. The molecule has 1 saturated heterocycles. The zero-order valence-corrected chi connectivity index (χ0v) is 15.8. The Morgan fingerprint density at radius 1 is 1.27 bits per heavy atom. The summed E-state index contributed by atoms with van der Waals surface area (Å²) in [6.07, 6.45) is 4.25. The summed E-state index contributed by atoms with van der Waals surface area (Å²) in [6.45, 7) is 4.61. The lowest BCUT2D eigenvalue weighted by Crippen LogP contribution is -2.33. The Kier molecular flexibility index (Phi) is 4.78. The predicted molar refractivity (Wildman–Crippen MR) is 102 cm³/mol. The number of imidazole rings is 1. The van der Waals surface area contributed by atoms with Crippen LogP contribution < -0.4 is 5.32 Å². The standard InChI is InChI=1S/C20H27N5O/c1-14-6-7-17-16(11-14)23-19(24(17)2)13-21-12-15-5-4-10-26-20(15)18-8-9-22-25(18)3/h6-9,11,15,20-21H,4-5,10,12-13H2,1-3H3/t15-,20+/m0/s1. The number of ether oxygens (including phenoxy) is 1. The van der Waals surface area contributed by atoms with Gasteiger partial charge in [-0.25, -0.2) is 4.98 Å². The molecular formula is C20H27N5O. The van der Waals surface area contributed by atoms with Gasteiger partial charge in [0.1, 0.15) is 11.9 Å². The first-order valence-electron chi connectivity index (χ1n) is 9.35. The minimum Gasteiger partial charge on any atom is -0.372 e. The summed E-state index contributed by atoms with van der Waals surface area (Å²) in [5.41, 5.74) is 4.66. The van der Waals surface area contributed by atoms with Crippen LogP contribution >= 0.6 is 0 Å². The van der Waals surface area contributed by atoms with Gasteiger partial charge in [0.15, 0.2) is 0 Å². The number of aromatic nitrogens is 4. The Labute approximate surface area is 154 Å². The molecule has 0 radical (unpaired) electrons. The van der Waals surface area contributed by atoms with Gasteiger partial charge in [-0.1, -0.05) is 6.07 Å². The SMILES string of the molecule is Cc1ccc2c(c1)nc(CNC[C@@H]1CCCO[C@H]1c1ccnn1C)n2C. The van der Waals surface area contributed by atoms with Crippen molar-refractivity contribution in [3.05, 3.63) is 47.5 Å². The number of nitrogens with zero attached hydrogens (tertiary/aromatic N) is 4. The first kappa shape index (κ1) is 17.2. The first-order chi connectivity index (χ1) is 12.6. The molecule has 1 N–H and O–H groups in total. The Balaban J connectivity index is 1.43.